The first-order chi connectivity index (χ1) is 10.3. The van der Waals surface area contributed by atoms with E-state index < -0.39 is 0 Å². The van der Waals surface area contributed by atoms with Crippen molar-refractivity contribution in [2.75, 3.05) is 0 Å². The Bertz CT molecular complexity index is 614. The molecule has 0 saturated heterocycles. The van der Waals surface area contributed by atoms with Gasteiger partial charge in [0.1, 0.15) is 16.4 Å². The molecular weight excluding hydrogens is 272 g/mol. The quantitative estimate of drug-likeness (QED) is 0.609. The highest BCUT2D eigenvalue weighted by atomic mass is 28.2. The number of rotatable bonds is 2. The summed E-state index contributed by atoms with van der Waals surface area (Å²) in [6.45, 7) is 2.02. The molecule has 0 aliphatic rings. The largest absolute Gasteiger partial charge is 0.423 e. The van der Waals surface area contributed by atoms with E-state index in [0.717, 1.165) is 11.1 Å². The van der Waals surface area contributed by atoms with Gasteiger partial charge in [0.2, 0.25) is 0 Å². The molecule has 2 rings (SSSR count). The van der Waals surface area contributed by atoms with Crippen LogP contribution in [0.15, 0.2) is 60.7 Å². The lowest BCUT2D eigenvalue weighted by molar-refractivity contribution is 0.223. The van der Waals surface area contributed by atoms with Gasteiger partial charge in [0.15, 0.2) is 0 Å². The normalized spacial score (nSPS) is 11.1. The first-order valence-electron chi connectivity index (χ1n) is 6.95. The average molecular weight is 290 g/mol. The summed E-state index contributed by atoms with van der Waals surface area (Å²) in [5.74, 6) is 12.7. The Morgan fingerprint density at radius 3 is 1.62 bits per heavy atom. The van der Waals surface area contributed by atoms with Gasteiger partial charge in [-0.2, -0.15) is 0 Å². The summed E-state index contributed by atoms with van der Waals surface area (Å²) in [6.07, 6.45) is 0.0316. The molecule has 0 aromatic heterocycles. The van der Waals surface area contributed by atoms with Gasteiger partial charge in [0.25, 0.3) is 0 Å². The van der Waals surface area contributed by atoms with Crippen LogP contribution in [0, 0.1) is 29.6 Å². The van der Waals surface area contributed by atoms with Gasteiger partial charge >= 0.3 is 0 Å². The maximum atomic E-state index is 5.52. The predicted octanol–water partition coefficient (Wildman–Crippen LogP) is 2.39. The molecular formula is C19H18OSi. The number of benzene rings is 2. The minimum atomic E-state index is -0.0806. The molecule has 2 aromatic carbocycles. The minimum absolute atomic E-state index is 0.0316. The lowest BCUT2D eigenvalue weighted by atomic mass is 10.0. The third-order valence-corrected chi connectivity index (χ3v) is 3.88. The molecule has 0 spiro atoms. The van der Waals surface area contributed by atoms with E-state index in [4.69, 9.17) is 4.43 Å². The molecule has 1 nitrogen and oxygen atoms in total. The Morgan fingerprint density at radius 1 is 0.810 bits per heavy atom. The lowest BCUT2D eigenvalue weighted by Crippen LogP contribution is -2.16. The Labute approximate surface area is 129 Å². The van der Waals surface area contributed by atoms with Crippen molar-refractivity contribution in [2.45, 2.75) is 13.0 Å². The van der Waals surface area contributed by atoms with Crippen LogP contribution in [0.1, 0.15) is 18.1 Å². The molecule has 1 unspecified atom stereocenters. The molecule has 0 radical (unpaired) electrons. The van der Waals surface area contributed by atoms with Crippen LogP contribution in [-0.2, 0) is 4.43 Å². The zero-order valence-corrected chi connectivity index (χ0v) is 14.3. The molecule has 0 heterocycles. The SMILES string of the molecule is CC(O[SiH3])C(C#Cc1ccccc1)C#Cc1ccccc1. The van der Waals surface area contributed by atoms with Crippen LogP contribution in [0.25, 0.3) is 0 Å². The van der Waals surface area contributed by atoms with Crippen LogP contribution in [0.2, 0.25) is 0 Å². The van der Waals surface area contributed by atoms with Gasteiger partial charge in [-0.25, -0.2) is 0 Å². The topological polar surface area (TPSA) is 9.23 Å². The van der Waals surface area contributed by atoms with Gasteiger partial charge in [-0.05, 0) is 31.2 Å². The number of hydrogen-bond donors (Lipinski definition) is 0. The predicted molar refractivity (Wildman–Crippen MR) is 90.6 cm³/mol. The van der Waals surface area contributed by atoms with Gasteiger partial charge in [-0.1, -0.05) is 60.1 Å². The van der Waals surface area contributed by atoms with Crippen molar-refractivity contribution >= 4 is 10.5 Å². The van der Waals surface area contributed by atoms with Gasteiger partial charge in [0, 0.05) is 11.1 Å². The van der Waals surface area contributed by atoms with E-state index in [-0.39, 0.29) is 12.0 Å². The third kappa shape index (κ3) is 4.97. The molecule has 104 valence electrons. The average Bonchev–Trinajstić information content (AvgIpc) is 2.56. The van der Waals surface area contributed by atoms with Gasteiger partial charge in [0.05, 0.1) is 6.10 Å². The zero-order chi connectivity index (χ0) is 14.9. The summed E-state index contributed by atoms with van der Waals surface area (Å²) >= 11 is 0. The molecule has 2 heteroatoms. The fourth-order valence-corrected chi connectivity index (χ4v) is 2.04. The van der Waals surface area contributed by atoms with Crippen molar-refractivity contribution in [1.29, 1.82) is 0 Å². The summed E-state index contributed by atoms with van der Waals surface area (Å²) in [7, 11) is 0.690. The third-order valence-electron chi connectivity index (χ3n) is 3.13. The van der Waals surface area contributed by atoms with Crippen molar-refractivity contribution in [1.82, 2.24) is 0 Å². The molecule has 0 aliphatic heterocycles. The smallest absolute Gasteiger partial charge is 0.146 e. The van der Waals surface area contributed by atoms with Crippen molar-refractivity contribution in [2.24, 2.45) is 5.92 Å². The van der Waals surface area contributed by atoms with Crippen LogP contribution in [0.3, 0.4) is 0 Å². The first kappa shape index (κ1) is 15.1. The highest BCUT2D eigenvalue weighted by molar-refractivity contribution is 5.98. The lowest BCUT2D eigenvalue weighted by Gasteiger charge is -2.12. The first-order valence-corrected chi connectivity index (χ1v) is 7.77. The number of hydrogen-bond acceptors (Lipinski definition) is 1. The van der Waals surface area contributed by atoms with Crippen LogP contribution in [0.4, 0.5) is 0 Å². The van der Waals surface area contributed by atoms with Crippen molar-refractivity contribution in [3.63, 3.8) is 0 Å². The molecule has 0 fully saturated rings. The molecule has 0 bridgehead atoms. The van der Waals surface area contributed by atoms with E-state index in [2.05, 4.69) is 23.7 Å². The maximum Gasteiger partial charge on any atom is 0.146 e. The van der Waals surface area contributed by atoms with Gasteiger partial charge in [-0.3, -0.25) is 0 Å². The highest BCUT2D eigenvalue weighted by Gasteiger charge is 2.10. The van der Waals surface area contributed by atoms with Crippen LogP contribution >= 0.6 is 0 Å². The van der Waals surface area contributed by atoms with Crippen LogP contribution in [-0.4, -0.2) is 16.6 Å². The molecule has 2 aromatic rings. The Morgan fingerprint density at radius 2 is 1.24 bits per heavy atom. The van der Waals surface area contributed by atoms with Crippen LogP contribution in [0.5, 0.6) is 0 Å². The summed E-state index contributed by atoms with van der Waals surface area (Å²) in [4.78, 5) is 0. The monoisotopic (exact) mass is 290 g/mol. The second-order valence-corrected chi connectivity index (χ2v) is 5.16. The zero-order valence-electron chi connectivity index (χ0n) is 12.3. The van der Waals surface area contributed by atoms with Crippen LogP contribution < -0.4 is 0 Å². The standard InChI is InChI=1S/C19H18OSi/c1-16(20-21)19(14-12-17-8-4-2-5-9-17)15-13-18-10-6-3-7-11-18/h2-11,16,19H,1,21H3. The molecule has 1 atom stereocenters. The van der Waals surface area contributed by atoms with Gasteiger partial charge < -0.3 is 4.43 Å². The fourth-order valence-electron chi connectivity index (χ4n) is 1.77. The molecule has 0 amide bonds. The van der Waals surface area contributed by atoms with Gasteiger partial charge in [-0.15, -0.1) is 0 Å². The van der Waals surface area contributed by atoms with E-state index in [0.29, 0.717) is 10.5 Å². The van der Waals surface area contributed by atoms with E-state index in [9.17, 15) is 0 Å². The molecule has 0 N–H and O–H groups in total. The van der Waals surface area contributed by atoms with E-state index >= 15 is 0 Å². The Kier molecular flexibility index (Phi) is 5.85. The van der Waals surface area contributed by atoms with E-state index in [1.54, 1.807) is 0 Å². The second kappa shape index (κ2) is 8.12. The minimum Gasteiger partial charge on any atom is -0.423 e. The maximum absolute atomic E-state index is 5.52. The summed E-state index contributed by atoms with van der Waals surface area (Å²) in [5, 5.41) is 0. The Hall–Kier alpha value is -2.26. The van der Waals surface area contributed by atoms with Crippen molar-refractivity contribution in [3.8, 4) is 23.7 Å². The van der Waals surface area contributed by atoms with E-state index in [1.165, 1.54) is 0 Å². The molecule has 21 heavy (non-hydrogen) atoms. The molecule has 0 saturated carbocycles. The summed E-state index contributed by atoms with van der Waals surface area (Å²) in [5.41, 5.74) is 2.01. The van der Waals surface area contributed by atoms with E-state index in [1.807, 2.05) is 67.6 Å². The summed E-state index contributed by atoms with van der Waals surface area (Å²) < 4.78 is 5.52. The van der Waals surface area contributed by atoms with Crippen molar-refractivity contribution in [3.05, 3.63) is 71.8 Å². The Balaban J connectivity index is 2.21. The fraction of sp³-hybridized carbons (Fsp3) is 0.158. The summed E-state index contributed by atoms with van der Waals surface area (Å²) in [6, 6.07) is 19.9. The highest BCUT2D eigenvalue weighted by Crippen LogP contribution is 2.06. The molecule has 0 aliphatic carbocycles. The second-order valence-electron chi connectivity index (χ2n) is 4.69. The van der Waals surface area contributed by atoms with Crippen molar-refractivity contribution < 1.29 is 4.43 Å².